The first-order chi connectivity index (χ1) is 8.47. The molecule has 0 radical (unpaired) electrons. The van der Waals surface area contributed by atoms with Crippen molar-refractivity contribution in [3.63, 3.8) is 0 Å². The smallest absolute Gasteiger partial charge is 0.125 e. The Hall–Kier alpha value is -1.09. The molecule has 3 nitrogen and oxygen atoms in total. The van der Waals surface area contributed by atoms with Crippen LogP contribution in [0.4, 0.5) is 5.82 Å². The molecule has 1 rings (SSSR count). The fourth-order valence-electron chi connectivity index (χ4n) is 1.88. The molecule has 1 atom stereocenters. The second-order valence-electron chi connectivity index (χ2n) is 5.91. The van der Waals surface area contributed by atoms with Crippen LogP contribution >= 0.6 is 0 Å². The maximum absolute atomic E-state index is 5.60. The maximum Gasteiger partial charge on any atom is 0.125 e. The first-order valence-electron chi connectivity index (χ1n) is 6.87. The van der Waals surface area contributed by atoms with Crippen LogP contribution in [0, 0.1) is 5.92 Å². The number of pyridine rings is 1. The summed E-state index contributed by atoms with van der Waals surface area (Å²) in [5, 5.41) is 3.39. The number of nitrogens with two attached hydrogens (primary N) is 1. The van der Waals surface area contributed by atoms with Crippen LogP contribution in [-0.2, 0) is 5.41 Å². The maximum atomic E-state index is 5.60. The van der Waals surface area contributed by atoms with Crippen molar-refractivity contribution < 1.29 is 0 Å². The van der Waals surface area contributed by atoms with E-state index in [-0.39, 0.29) is 5.41 Å². The van der Waals surface area contributed by atoms with Crippen LogP contribution in [0.5, 0.6) is 0 Å². The van der Waals surface area contributed by atoms with Crippen molar-refractivity contribution >= 4 is 5.82 Å². The van der Waals surface area contributed by atoms with Crippen molar-refractivity contribution in [1.29, 1.82) is 0 Å². The van der Waals surface area contributed by atoms with E-state index in [9.17, 15) is 0 Å². The Bertz CT molecular complexity index is 338. The first-order valence-corrected chi connectivity index (χ1v) is 6.87. The topological polar surface area (TPSA) is 50.9 Å². The Morgan fingerprint density at radius 2 is 2.06 bits per heavy atom. The minimum atomic E-state index is 0.164. The lowest BCUT2D eigenvalue weighted by Gasteiger charge is -2.19. The molecule has 0 aliphatic heterocycles. The number of hydrogen-bond acceptors (Lipinski definition) is 3. The molecular weight excluding hydrogens is 222 g/mol. The van der Waals surface area contributed by atoms with Crippen molar-refractivity contribution in [1.82, 2.24) is 4.98 Å². The Balaban J connectivity index is 2.53. The van der Waals surface area contributed by atoms with Gasteiger partial charge in [0.2, 0.25) is 0 Å². The molecule has 18 heavy (non-hydrogen) atoms. The summed E-state index contributed by atoms with van der Waals surface area (Å²) >= 11 is 0. The molecule has 0 bridgehead atoms. The Kier molecular flexibility index (Phi) is 5.60. The summed E-state index contributed by atoms with van der Waals surface area (Å²) in [5.74, 6) is 1.59. The lowest BCUT2D eigenvalue weighted by Crippen LogP contribution is -2.18. The van der Waals surface area contributed by atoms with Crippen molar-refractivity contribution in [2.24, 2.45) is 11.7 Å². The summed E-state index contributed by atoms with van der Waals surface area (Å²) in [5.41, 5.74) is 7.03. The second kappa shape index (κ2) is 6.74. The van der Waals surface area contributed by atoms with Crippen LogP contribution in [0.2, 0.25) is 0 Å². The Morgan fingerprint density at radius 3 is 2.50 bits per heavy atom. The highest BCUT2D eigenvalue weighted by atomic mass is 15.0. The van der Waals surface area contributed by atoms with E-state index in [2.05, 4.69) is 50.1 Å². The summed E-state index contributed by atoms with van der Waals surface area (Å²) in [6, 6.07) is 4.22. The highest BCUT2D eigenvalue weighted by molar-refractivity contribution is 5.37. The van der Waals surface area contributed by atoms with E-state index in [4.69, 9.17) is 5.73 Å². The Labute approximate surface area is 111 Å². The van der Waals surface area contributed by atoms with Crippen molar-refractivity contribution in [3.8, 4) is 0 Å². The molecular formula is C15H27N3. The van der Waals surface area contributed by atoms with Gasteiger partial charge in [-0.25, -0.2) is 4.98 Å². The molecule has 3 N–H and O–H groups in total. The predicted octanol–water partition coefficient (Wildman–Crippen LogP) is 3.17. The summed E-state index contributed by atoms with van der Waals surface area (Å²) in [7, 11) is 0. The Morgan fingerprint density at radius 1 is 1.33 bits per heavy atom. The number of aromatic nitrogens is 1. The van der Waals surface area contributed by atoms with Crippen LogP contribution in [0.3, 0.4) is 0 Å². The molecule has 3 heteroatoms. The average molecular weight is 249 g/mol. The summed E-state index contributed by atoms with van der Waals surface area (Å²) in [4.78, 5) is 4.47. The third kappa shape index (κ3) is 4.65. The van der Waals surface area contributed by atoms with Gasteiger partial charge in [-0.2, -0.15) is 0 Å². The molecule has 1 aromatic rings. The highest BCUT2D eigenvalue weighted by Crippen LogP contribution is 2.22. The van der Waals surface area contributed by atoms with Gasteiger partial charge in [-0.3, -0.25) is 0 Å². The van der Waals surface area contributed by atoms with Gasteiger partial charge in [-0.05, 0) is 35.9 Å². The number of anilines is 1. The fourth-order valence-corrected chi connectivity index (χ4v) is 1.88. The van der Waals surface area contributed by atoms with E-state index < -0.39 is 0 Å². The predicted molar refractivity (Wildman–Crippen MR) is 78.9 cm³/mol. The monoisotopic (exact) mass is 249 g/mol. The SMILES string of the molecule is CCC(CCN)CNc1ccc(C(C)(C)C)cn1. The zero-order valence-corrected chi connectivity index (χ0v) is 12.2. The quantitative estimate of drug-likeness (QED) is 0.814. The number of hydrogen-bond donors (Lipinski definition) is 2. The van der Waals surface area contributed by atoms with Crippen LogP contribution in [0.25, 0.3) is 0 Å². The van der Waals surface area contributed by atoms with Crippen molar-refractivity contribution in [3.05, 3.63) is 23.9 Å². The van der Waals surface area contributed by atoms with Crippen LogP contribution in [0.1, 0.15) is 46.1 Å². The van der Waals surface area contributed by atoms with Gasteiger partial charge in [-0.1, -0.05) is 40.2 Å². The number of rotatable bonds is 6. The van der Waals surface area contributed by atoms with Crippen LogP contribution in [-0.4, -0.2) is 18.1 Å². The van der Waals surface area contributed by atoms with Crippen molar-refractivity contribution in [2.75, 3.05) is 18.4 Å². The molecule has 0 amide bonds. The number of nitrogens with one attached hydrogen (secondary N) is 1. The molecule has 0 saturated carbocycles. The minimum absolute atomic E-state index is 0.164. The summed E-state index contributed by atoms with van der Waals surface area (Å²) in [6.07, 6.45) is 4.19. The van der Waals surface area contributed by atoms with Gasteiger partial charge >= 0.3 is 0 Å². The third-order valence-electron chi connectivity index (χ3n) is 3.35. The molecule has 0 aromatic carbocycles. The van der Waals surface area contributed by atoms with Gasteiger partial charge in [0, 0.05) is 12.7 Å². The standard InChI is InChI=1S/C15H27N3/c1-5-12(8-9-16)10-17-14-7-6-13(11-18-14)15(2,3)4/h6-7,11-12H,5,8-10,16H2,1-4H3,(H,17,18). The zero-order chi connectivity index (χ0) is 13.6. The second-order valence-corrected chi connectivity index (χ2v) is 5.91. The molecule has 0 saturated heterocycles. The van der Waals surface area contributed by atoms with Gasteiger partial charge in [0.05, 0.1) is 0 Å². The average Bonchev–Trinajstić information content (AvgIpc) is 2.34. The van der Waals surface area contributed by atoms with Gasteiger partial charge in [0.1, 0.15) is 5.82 Å². The van der Waals surface area contributed by atoms with E-state index >= 15 is 0 Å². The lowest BCUT2D eigenvalue weighted by atomic mass is 9.88. The van der Waals surface area contributed by atoms with Gasteiger partial charge in [-0.15, -0.1) is 0 Å². The van der Waals surface area contributed by atoms with E-state index in [0.29, 0.717) is 5.92 Å². The van der Waals surface area contributed by atoms with Crippen LogP contribution < -0.4 is 11.1 Å². The molecule has 0 aliphatic rings. The summed E-state index contributed by atoms with van der Waals surface area (Å²) in [6.45, 7) is 10.5. The fraction of sp³-hybridized carbons (Fsp3) is 0.667. The lowest BCUT2D eigenvalue weighted by molar-refractivity contribution is 0.501. The molecule has 1 unspecified atom stereocenters. The normalized spacial score (nSPS) is 13.4. The van der Waals surface area contributed by atoms with Crippen molar-refractivity contribution in [2.45, 2.75) is 46.0 Å². The third-order valence-corrected chi connectivity index (χ3v) is 3.35. The van der Waals surface area contributed by atoms with E-state index in [1.165, 1.54) is 5.56 Å². The molecule has 102 valence electrons. The molecule has 1 heterocycles. The largest absolute Gasteiger partial charge is 0.370 e. The highest BCUT2D eigenvalue weighted by Gasteiger charge is 2.13. The summed E-state index contributed by atoms with van der Waals surface area (Å²) < 4.78 is 0. The van der Waals surface area contributed by atoms with E-state index in [1.807, 2.05) is 6.20 Å². The van der Waals surface area contributed by atoms with Gasteiger partial charge in [0.15, 0.2) is 0 Å². The van der Waals surface area contributed by atoms with E-state index in [0.717, 1.165) is 31.7 Å². The van der Waals surface area contributed by atoms with Gasteiger partial charge in [0.25, 0.3) is 0 Å². The molecule has 0 fully saturated rings. The van der Waals surface area contributed by atoms with Gasteiger partial charge < -0.3 is 11.1 Å². The van der Waals surface area contributed by atoms with E-state index in [1.54, 1.807) is 0 Å². The zero-order valence-electron chi connectivity index (χ0n) is 12.2. The number of nitrogens with zero attached hydrogens (tertiary/aromatic N) is 1. The molecule has 0 aliphatic carbocycles. The molecule has 1 aromatic heterocycles. The first kappa shape index (κ1) is 15.0. The van der Waals surface area contributed by atoms with Crippen LogP contribution in [0.15, 0.2) is 18.3 Å². The molecule has 0 spiro atoms. The minimum Gasteiger partial charge on any atom is -0.370 e.